The van der Waals surface area contributed by atoms with E-state index in [4.69, 9.17) is 0 Å². The summed E-state index contributed by atoms with van der Waals surface area (Å²) in [6.07, 6.45) is 0.00579. The average molecular weight is 188 g/mol. The van der Waals surface area contributed by atoms with Gasteiger partial charge in [-0.1, -0.05) is 10.4 Å². The van der Waals surface area contributed by atoms with Crippen LogP contribution in [-0.4, -0.2) is 24.7 Å². The first kappa shape index (κ1) is 11.7. The van der Waals surface area contributed by atoms with E-state index >= 15 is 0 Å². The van der Waals surface area contributed by atoms with Gasteiger partial charge in [0.25, 0.3) is 0 Å². The zero-order chi connectivity index (χ0) is 10.3. The van der Waals surface area contributed by atoms with Crippen molar-refractivity contribution in [2.75, 3.05) is 6.61 Å². The molecule has 0 aliphatic rings. The number of ether oxygens (including phenoxy) is 1. The minimum absolute atomic E-state index is 0.00579. The third-order valence-corrected chi connectivity index (χ3v) is 1.43. The second-order valence-corrected chi connectivity index (χ2v) is 2.56. The second-order valence-electron chi connectivity index (χ2n) is 2.56. The molecule has 6 heteroatoms. The molecule has 0 rings (SSSR count). The van der Waals surface area contributed by atoms with Crippen molar-refractivity contribution in [3.8, 4) is 0 Å². The first-order valence-electron chi connectivity index (χ1n) is 3.97. The lowest BCUT2D eigenvalue weighted by Gasteiger charge is -2.08. The van der Waals surface area contributed by atoms with Crippen LogP contribution in [0.25, 0.3) is 0 Å². The Bertz CT molecular complexity index is 195. The van der Waals surface area contributed by atoms with E-state index in [0.29, 0.717) is 0 Å². The summed E-state index contributed by atoms with van der Waals surface area (Å²) in [5.41, 5.74) is 0. The molecule has 0 saturated carbocycles. The Hall–Kier alpha value is -1.33. The third-order valence-electron chi connectivity index (χ3n) is 1.43. The molecular formula is C7H12N2O4. The minimum Gasteiger partial charge on any atom is -0.464 e. The van der Waals surface area contributed by atoms with Gasteiger partial charge in [-0.2, -0.15) is 4.91 Å². The number of nitrogens with zero attached hydrogens (tertiary/aromatic N) is 2. The van der Waals surface area contributed by atoms with Crippen LogP contribution in [0.3, 0.4) is 0 Å². The molecule has 0 spiro atoms. The number of nitroso groups, excluding NO2 is 2. The number of hydrogen-bond donors (Lipinski definition) is 0. The van der Waals surface area contributed by atoms with Gasteiger partial charge in [-0.15, -0.1) is 4.91 Å². The fourth-order valence-corrected chi connectivity index (χ4v) is 0.787. The molecule has 13 heavy (non-hydrogen) atoms. The van der Waals surface area contributed by atoms with Crippen LogP contribution in [-0.2, 0) is 9.53 Å². The van der Waals surface area contributed by atoms with Crippen LogP contribution in [0.1, 0.15) is 20.3 Å². The molecule has 0 aliphatic carbocycles. The van der Waals surface area contributed by atoms with Gasteiger partial charge in [-0.25, -0.2) is 4.79 Å². The van der Waals surface area contributed by atoms with Gasteiger partial charge in [0.05, 0.1) is 12.6 Å². The van der Waals surface area contributed by atoms with E-state index in [9.17, 15) is 14.6 Å². The number of rotatable bonds is 6. The molecular weight excluding hydrogens is 176 g/mol. The molecule has 0 aromatic rings. The first-order valence-corrected chi connectivity index (χ1v) is 3.97. The maximum atomic E-state index is 11.0. The van der Waals surface area contributed by atoms with Crippen molar-refractivity contribution < 1.29 is 9.53 Å². The van der Waals surface area contributed by atoms with Gasteiger partial charge in [0.15, 0.2) is 6.04 Å². The monoisotopic (exact) mass is 188 g/mol. The lowest BCUT2D eigenvalue weighted by atomic mass is 10.1. The number of esters is 1. The first-order chi connectivity index (χ1) is 6.15. The molecule has 0 fully saturated rings. The fraction of sp³-hybridized carbons (Fsp3) is 0.857. The third kappa shape index (κ3) is 4.29. The molecule has 0 bridgehead atoms. The number of carbonyl (C=O) groups excluding carboxylic acids is 1. The maximum absolute atomic E-state index is 11.0. The summed E-state index contributed by atoms with van der Waals surface area (Å²) in [4.78, 5) is 31.1. The topological polar surface area (TPSA) is 85.2 Å². The van der Waals surface area contributed by atoms with Crippen molar-refractivity contribution in [3.05, 3.63) is 9.81 Å². The number of carbonyl (C=O) groups is 1. The molecule has 0 N–H and O–H groups in total. The van der Waals surface area contributed by atoms with Gasteiger partial charge >= 0.3 is 5.97 Å². The summed E-state index contributed by atoms with van der Waals surface area (Å²) in [6, 6.07) is -1.72. The fourth-order valence-electron chi connectivity index (χ4n) is 0.787. The Morgan fingerprint density at radius 3 is 2.38 bits per heavy atom. The van der Waals surface area contributed by atoms with E-state index in [1.165, 1.54) is 6.92 Å². The predicted molar refractivity (Wildman–Crippen MR) is 46.1 cm³/mol. The Kier molecular flexibility index (Phi) is 5.58. The van der Waals surface area contributed by atoms with Crippen molar-refractivity contribution in [2.24, 2.45) is 10.4 Å². The van der Waals surface area contributed by atoms with Crippen molar-refractivity contribution in [2.45, 2.75) is 32.4 Å². The van der Waals surface area contributed by atoms with E-state index < -0.39 is 18.1 Å². The zero-order valence-corrected chi connectivity index (χ0v) is 7.60. The summed E-state index contributed by atoms with van der Waals surface area (Å²) in [7, 11) is 0. The van der Waals surface area contributed by atoms with Crippen LogP contribution >= 0.6 is 0 Å². The van der Waals surface area contributed by atoms with Crippen LogP contribution in [0, 0.1) is 9.81 Å². The van der Waals surface area contributed by atoms with Crippen molar-refractivity contribution in [1.29, 1.82) is 0 Å². The highest BCUT2D eigenvalue weighted by Crippen LogP contribution is 2.07. The normalized spacial score (nSPS) is 14.3. The van der Waals surface area contributed by atoms with Gasteiger partial charge in [-0.3, -0.25) is 0 Å². The molecule has 0 amide bonds. The Morgan fingerprint density at radius 1 is 1.38 bits per heavy atom. The van der Waals surface area contributed by atoms with Crippen LogP contribution in [0.5, 0.6) is 0 Å². The Morgan fingerprint density at radius 2 is 2.00 bits per heavy atom. The molecule has 2 unspecified atom stereocenters. The minimum atomic E-state index is -1.12. The second kappa shape index (κ2) is 6.22. The molecule has 0 aromatic heterocycles. The van der Waals surface area contributed by atoms with E-state index in [2.05, 4.69) is 15.1 Å². The van der Waals surface area contributed by atoms with Crippen LogP contribution in [0.2, 0.25) is 0 Å². The smallest absolute Gasteiger partial charge is 0.334 e. The zero-order valence-electron chi connectivity index (χ0n) is 7.60. The van der Waals surface area contributed by atoms with Gasteiger partial charge in [-0.05, 0) is 13.8 Å². The molecule has 2 atom stereocenters. The molecule has 0 aliphatic heterocycles. The van der Waals surface area contributed by atoms with Gasteiger partial charge in [0, 0.05) is 6.42 Å². The summed E-state index contributed by atoms with van der Waals surface area (Å²) >= 11 is 0. The summed E-state index contributed by atoms with van der Waals surface area (Å²) < 4.78 is 4.56. The average Bonchev–Trinajstić information content (AvgIpc) is 2.14. The standard InChI is InChI=1S/C7H12N2O4/c1-3-13-7(10)6(9-12)4-5(2)8-11/h5-6H,3-4H2,1-2H3. The van der Waals surface area contributed by atoms with E-state index in [1.54, 1.807) is 6.92 Å². The van der Waals surface area contributed by atoms with Crippen LogP contribution < -0.4 is 0 Å². The molecule has 0 aromatic carbocycles. The highest BCUT2D eigenvalue weighted by Gasteiger charge is 2.23. The van der Waals surface area contributed by atoms with E-state index in [1.807, 2.05) is 0 Å². The number of hydrogen-bond acceptors (Lipinski definition) is 6. The molecule has 0 heterocycles. The lowest BCUT2D eigenvalue weighted by molar-refractivity contribution is -0.144. The molecule has 6 nitrogen and oxygen atoms in total. The molecule has 0 saturated heterocycles. The predicted octanol–water partition coefficient (Wildman–Crippen LogP) is 1.23. The van der Waals surface area contributed by atoms with E-state index in [-0.39, 0.29) is 13.0 Å². The van der Waals surface area contributed by atoms with Gasteiger partial charge in [0.2, 0.25) is 0 Å². The highest BCUT2D eigenvalue weighted by atomic mass is 16.5. The van der Waals surface area contributed by atoms with Crippen molar-refractivity contribution >= 4 is 5.97 Å². The lowest BCUT2D eigenvalue weighted by Crippen LogP contribution is -2.24. The largest absolute Gasteiger partial charge is 0.464 e. The maximum Gasteiger partial charge on any atom is 0.334 e. The summed E-state index contributed by atoms with van der Waals surface area (Å²) in [6.45, 7) is 3.32. The molecule has 74 valence electrons. The Balaban J connectivity index is 4.08. The van der Waals surface area contributed by atoms with Gasteiger partial charge < -0.3 is 4.74 Å². The van der Waals surface area contributed by atoms with Crippen LogP contribution in [0.4, 0.5) is 0 Å². The summed E-state index contributed by atoms with van der Waals surface area (Å²) in [5, 5.41) is 5.23. The van der Waals surface area contributed by atoms with Crippen molar-refractivity contribution in [3.63, 3.8) is 0 Å². The van der Waals surface area contributed by atoms with E-state index in [0.717, 1.165) is 0 Å². The highest BCUT2D eigenvalue weighted by molar-refractivity contribution is 5.75. The van der Waals surface area contributed by atoms with Gasteiger partial charge in [0.1, 0.15) is 0 Å². The SMILES string of the molecule is CCOC(=O)C(CC(C)N=O)N=O. The Labute approximate surface area is 75.6 Å². The van der Waals surface area contributed by atoms with Crippen molar-refractivity contribution in [1.82, 2.24) is 0 Å². The summed E-state index contributed by atoms with van der Waals surface area (Å²) in [5.74, 6) is -0.701. The van der Waals surface area contributed by atoms with Crippen LogP contribution in [0.15, 0.2) is 10.4 Å². The molecule has 0 radical (unpaired) electrons. The quantitative estimate of drug-likeness (QED) is 0.463.